The van der Waals surface area contributed by atoms with E-state index < -0.39 is 0 Å². The molecule has 0 aliphatic heterocycles. The Hall–Kier alpha value is -0.950. The summed E-state index contributed by atoms with van der Waals surface area (Å²) >= 11 is 6.38. The van der Waals surface area contributed by atoms with Crippen LogP contribution in [0.25, 0.3) is 0 Å². The van der Waals surface area contributed by atoms with Gasteiger partial charge in [-0.05, 0) is 49.1 Å². The number of rotatable bonds is 17. The average molecular weight is 418 g/mol. The van der Waals surface area contributed by atoms with Crippen LogP contribution in [-0.2, 0) is 6.42 Å². The first-order valence-corrected chi connectivity index (χ1v) is 12.9. The molecule has 0 amide bonds. The smallest absolute Gasteiger partial charge is 0.0528 e. The molecule has 1 unspecified atom stereocenters. The summed E-state index contributed by atoms with van der Waals surface area (Å²) in [6, 6.07) is 6.68. The summed E-state index contributed by atoms with van der Waals surface area (Å²) in [5.74, 6) is 0. The fourth-order valence-corrected chi connectivity index (χ4v) is 4.85. The second-order valence-corrected chi connectivity index (χ2v) is 9.27. The molecule has 1 aromatic rings. The molecule has 1 aliphatic carbocycles. The van der Waals surface area contributed by atoms with Gasteiger partial charge in [0.05, 0.1) is 6.04 Å². The molecule has 164 valence electrons. The van der Waals surface area contributed by atoms with Crippen LogP contribution in [0, 0.1) is 0 Å². The third-order valence-electron chi connectivity index (χ3n) is 6.33. The number of aryl methyl sites for hydroxylation is 1. The first kappa shape index (κ1) is 24.3. The Morgan fingerprint density at radius 2 is 1.45 bits per heavy atom. The number of nitrogens with one attached hydrogen (secondary N) is 1. The summed E-state index contributed by atoms with van der Waals surface area (Å²) in [5, 5.41) is 4.48. The molecule has 2 heteroatoms. The molecule has 0 aromatic heterocycles. The lowest BCUT2D eigenvalue weighted by Gasteiger charge is -2.13. The molecule has 2 rings (SSSR count). The van der Waals surface area contributed by atoms with Crippen LogP contribution in [0.3, 0.4) is 0 Å². The third kappa shape index (κ3) is 10.1. The van der Waals surface area contributed by atoms with Crippen molar-refractivity contribution < 1.29 is 0 Å². The molecule has 1 atom stereocenters. The van der Waals surface area contributed by atoms with Gasteiger partial charge in [-0.3, -0.25) is 0 Å². The van der Waals surface area contributed by atoms with E-state index in [2.05, 4.69) is 36.6 Å². The lowest BCUT2D eigenvalue weighted by molar-refractivity contribution is 0.536. The molecule has 1 aromatic carbocycles. The van der Waals surface area contributed by atoms with Gasteiger partial charge < -0.3 is 5.32 Å². The number of allylic oxidation sites excluding steroid dienone is 1. The molecule has 0 heterocycles. The van der Waals surface area contributed by atoms with Crippen molar-refractivity contribution in [3.8, 4) is 0 Å². The number of unbranched alkanes of at least 4 members (excludes halogenated alkanes) is 14. The standard InChI is InChI=1S/C27H44ClN/c1-2-3-4-5-6-7-8-9-10-11-12-13-14-15-16-17-23-29-26-22-21-24-19-18-20-25(28)27(24)26/h17-20,23,26,29H,2-16,21-22H2,1H3. The fourth-order valence-electron chi connectivity index (χ4n) is 4.53. The Morgan fingerprint density at radius 1 is 0.862 bits per heavy atom. The third-order valence-corrected chi connectivity index (χ3v) is 6.66. The zero-order chi connectivity index (χ0) is 20.6. The number of fused-ring (bicyclic) bond motifs is 1. The van der Waals surface area contributed by atoms with Gasteiger partial charge in [0.25, 0.3) is 0 Å². The molecule has 0 bridgehead atoms. The van der Waals surface area contributed by atoms with Crippen molar-refractivity contribution >= 4 is 11.6 Å². The molecule has 1 N–H and O–H groups in total. The summed E-state index contributed by atoms with van der Waals surface area (Å²) in [6.45, 7) is 2.29. The minimum Gasteiger partial charge on any atom is -0.384 e. The monoisotopic (exact) mass is 417 g/mol. The van der Waals surface area contributed by atoms with E-state index >= 15 is 0 Å². The zero-order valence-electron chi connectivity index (χ0n) is 18.9. The summed E-state index contributed by atoms with van der Waals surface area (Å²) in [6.07, 6.45) is 27.9. The Bertz CT molecular complexity index is 566. The molecule has 0 spiro atoms. The van der Waals surface area contributed by atoms with Gasteiger partial charge in [0, 0.05) is 5.02 Å². The molecule has 29 heavy (non-hydrogen) atoms. The van der Waals surface area contributed by atoms with Crippen molar-refractivity contribution in [2.75, 3.05) is 0 Å². The molecule has 0 saturated heterocycles. The summed E-state index contributed by atoms with van der Waals surface area (Å²) in [5.41, 5.74) is 2.73. The lowest BCUT2D eigenvalue weighted by Crippen LogP contribution is -2.12. The highest BCUT2D eigenvalue weighted by atomic mass is 35.5. The number of halogens is 1. The predicted octanol–water partition coefficient (Wildman–Crippen LogP) is 9.30. The first-order chi connectivity index (χ1) is 14.3. The van der Waals surface area contributed by atoms with E-state index in [1.165, 1.54) is 107 Å². The lowest BCUT2D eigenvalue weighted by atomic mass is 10.0. The molecular weight excluding hydrogens is 374 g/mol. The van der Waals surface area contributed by atoms with Gasteiger partial charge in [-0.2, -0.15) is 0 Å². The quantitative estimate of drug-likeness (QED) is 0.249. The Kier molecular flexibility index (Phi) is 13.3. The van der Waals surface area contributed by atoms with Gasteiger partial charge in [-0.1, -0.05) is 120 Å². The molecule has 0 fully saturated rings. The maximum atomic E-state index is 6.38. The van der Waals surface area contributed by atoms with E-state index in [0.29, 0.717) is 6.04 Å². The van der Waals surface area contributed by atoms with Crippen molar-refractivity contribution in [3.63, 3.8) is 0 Å². The second kappa shape index (κ2) is 15.8. The van der Waals surface area contributed by atoms with Crippen LogP contribution in [0.4, 0.5) is 0 Å². The van der Waals surface area contributed by atoms with Crippen LogP contribution in [0.15, 0.2) is 30.5 Å². The number of hydrogen-bond donors (Lipinski definition) is 1. The van der Waals surface area contributed by atoms with Crippen molar-refractivity contribution in [3.05, 3.63) is 46.6 Å². The fraction of sp³-hybridized carbons (Fsp3) is 0.704. The van der Waals surface area contributed by atoms with Crippen molar-refractivity contribution in [1.29, 1.82) is 0 Å². The molecular formula is C27H44ClN. The first-order valence-electron chi connectivity index (χ1n) is 12.5. The highest BCUT2D eigenvalue weighted by Gasteiger charge is 2.23. The largest absolute Gasteiger partial charge is 0.384 e. The Morgan fingerprint density at radius 3 is 2.07 bits per heavy atom. The van der Waals surface area contributed by atoms with Crippen LogP contribution in [0.2, 0.25) is 5.02 Å². The van der Waals surface area contributed by atoms with E-state index in [9.17, 15) is 0 Å². The highest BCUT2D eigenvalue weighted by Crippen LogP contribution is 2.36. The molecule has 0 saturated carbocycles. The average Bonchev–Trinajstić information content (AvgIpc) is 3.15. The van der Waals surface area contributed by atoms with E-state index in [1.807, 2.05) is 6.07 Å². The van der Waals surface area contributed by atoms with Gasteiger partial charge in [-0.15, -0.1) is 0 Å². The molecule has 1 nitrogen and oxygen atoms in total. The van der Waals surface area contributed by atoms with Gasteiger partial charge in [0.15, 0.2) is 0 Å². The van der Waals surface area contributed by atoms with E-state index in [4.69, 9.17) is 11.6 Å². The van der Waals surface area contributed by atoms with Crippen molar-refractivity contribution in [2.24, 2.45) is 0 Å². The number of benzene rings is 1. The highest BCUT2D eigenvalue weighted by molar-refractivity contribution is 6.31. The number of hydrogen-bond acceptors (Lipinski definition) is 1. The summed E-state index contributed by atoms with van der Waals surface area (Å²) < 4.78 is 0. The normalized spacial score (nSPS) is 15.9. The molecule has 0 radical (unpaired) electrons. The van der Waals surface area contributed by atoms with Gasteiger partial charge in [-0.25, -0.2) is 0 Å². The van der Waals surface area contributed by atoms with Crippen LogP contribution in [0.1, 0.15) is 127 Å². The SMILES string of the molecule is CCCCCCCCCCCCCCCCC=CNC1CCc2cccc(Cl)c21. The van der Waals surface area contributed by atoms with Crippen LogP contribution in [-0.4, -0.2) is 0 Å². The molecule has 1 aliphatic rings. The van der Waals surface area contributed by atoms with E-state index in [-0.39, 0.29) is 0 Å². The Labute approximate surface area is 185 Å². The maximum Gasteiger partial charge on any atom is 0.0528 e. The minimum atomic E-state index is 0.395. The van der Waals surface area contributed by atoms with Crippen molar-refractivity contribution in [1.82, 2.24) is 5.32 Å². The predicted molar refractivity (Wildman–Crippen MR) is 130 cm³/mol. The minimum absolute atomic E-state index is 0.395. The Balaban J connectivity index is 1.36. The summed E-state index contributed by atoms with van der Waals surface area (Å²) in [7, 11) is 0. The zero-order valence-corrected chi connectivity index (χ0v) is 19.6. The van der Waals surface area contributed by atoms with E-state index in [1.54, 1.807) is 0 Å². The van der Waals surface area contributed by atoms with Gasteiger partial charge in [0.2, 0.25) is 0 Å². The van der Waals surface area contributed by atoms with Crippen LogP contribution in [0.5, 0.6) is 0 Å². The maximum absolute atomic E-state index is 6.38. The summed E-state index contributed by atoms with van der Waals surface area (Å²) in [4.78, 5) is 0. The van der Waals surface area contributed by atoms with Crippen LogP contribution >= 0.6 is 11.6 Å². The van der Waals surface area contributed by atoms with Gasteiger partial charge in [0.1, 0.15) is 0 Å². The second-order valence-electron chi connectivity index (χ2n) is 8.86. The van der Waals surface area contributed by atoms with Crippen molar-refractivity contribution in [2.45, 2.75) is 122 Å². The van der Waals surface area contributed by atoms with Crippen LogP contribution < -0.4 is 5.32 Å². The van der Waals surface area contributed by atoms with E-state index in [0.717, 1.165) is 17.9 Å². The topological polar surface area (TPSA) is 12.0 Å². The van der Waals surface area contributed by atoms with Gasteiger partial charge >= 0.3 is 0 Å².